The Morgan fingerprint density at radius 2 is 1.82 bits per heavy atom. The van der Waals surface area contributed by atoms with Crippen molar-refractivity contribution in [3.8, 4) is 11.8 Å². The second-order valence-corrected chi connectivity index (χ2v) is 4.45. The quantitative estimate of drug-likeness (QED) is 0.839. The third-order valence-electron chi connectivity index (χ3n) is 2.80. The number of nitrogens with zero attached hydrogens (tertiary/aromatic N) is 1. The molecule has 0 heterocycles. The number of rotatable bonds is 3. The van der Waals surface area contributed by atoms with E-state index in [1.54, 1.807) is 6.92 Å². The van der Waals surface area contributed by atoms with E-state index in [9.17, 15) is 17.6 Å². The van der Waals surface area contributed by atoms with Gasteiger partial charge in [-0.15, -0.1) is 13.2 Å². The van der Waals surface area contributed by atoms with Crippen LogP contribution in [0, 0.1) is 24.1 Å². The standard InChI is InChI=1S/C15H10F4N2O/c1-9-6-11(16)3-5-13(9)21-14-7-12(22-15(17,18)19)4-2-10(14)8-20/h2-7,21H,1H3. The molecule has 0 radical (unpaired) electrons. The van der Waals surface area contributed by atoms with Crippen molar-refractivity contribution in [2.75, 3.05) is 5.32 Å². The van der Waals surface area contributed by atoms with Crippen molar-refractivity contribution < 1.29 is 22.3 Å². The Morgan fingerprint density at radius 1 is 1.09 bits per heavy atom. The molecule has 2 rings (SSSR count). The van der Waals surface area contributed by atoms with Crippen molar-refractivity contribution in [2.24, 2.45) is 0 Å². The Kier molecular flexibility index (Phi) is 4.22. The summed E-state index contributed by atoms with van der Waals surface area (Å²) in [6.45, 7) is 1.63. The lowest BCUT2D eigenvalue weighted by atomic mass is 10.1. The van der Waals surface area contributed by atoms with Gasteiger partial charge in [-0.2, -0.15) is 5.26 Å². The summed E-state index contributed by atoms with van der Waals surface area (Å²) in [4.78, 5) is 0. The van der Waals surface area contributed by atoms with Crippen molar-refractivity contribution in [3.63, 3.8) is 0 Å². The topological polar surface area (TPSA) is 45.0 Å². The normalized spacial score (nSPS) is 10.9. The van der Waals surface area contributed by atoms with Crippen molar-refractivity contribution >= 4 is 11.4 Å². The van der Waals surface area contributed by atoms with Crippen LogP contribution in [-0.4, -0.2) is 6.36 Å². The van der Waals surface area contributed by atoms with Crippen LogP contribution in [0.2, 0.25) is 0 Å². The minimum atomic E-state index is -4.82. The zero-order valence-electron chi connectivity index (χ0n) is 11.3. The molecule has 0 unspecified atom stereocenters. The fourth-order valence-electron chi connectivity index (χ4n) is 1.83. The summed E-state index contributed by atoms with van der Waals surface area (Å²) in [6.07, 6.45) is -4.82. The monoisotopic (exact) mass is 310 g/mol. The highest BCUT2D eigenvalue weighted by Crippen LogP contribution is 2.30. The van der Waals surface area contributed by atoms with Crippen LogP contribution in [0.4, 0.5) is 28.9 Å². The van der Waals surface area contributed by atoms with Gasteiger partial charge in [0, 0.05) is 11.8 Å². The van der Waals surface area contributed by atoms with Gasteiger partial charge in [0.1, 0.15) is 17.6 Å². The first-order valence-electron chi connectivity index (χ1n) is 6.11. The molecule has 0 aliphatic rings. The van der Waals surface area contributed by atoms with Gasteiger partial charge < -0.3 is 10.1 Å². The second kappa shape index (κ2) is 5.93. The van der Waals surface area contributed by atoms with Crippen LogP contribution in [-0.2, 0) is 0 Å². The number of hydrogen-bond acceptors (Lipinski definition) is 3. The minimum absolute atomic E-state index is 0.137. The van der Waals surface area contributed by atoms with Gasteiger partial charge in [-0.3, -0.25) is 0 Å². The van der Waals surface area contributed by atoms with E-state index < -0.39 is 17.9 Å². The van der Waals surface area contributed by atoms with Crippen LogP contribution in [0.15, 0.2) is 36.4 Å². The predicted molar refractivity (Wildman–Crippen MR) is 72.3 cm³/mol. The van der Waals surface area contributed by atoms with Gasteiger partial charge in [0.05, 0.1) is 11.3 Å². The molecule has 3 nitrogen and oxygen atoms in total. The van der Waals surface area contributed by atoms with E-state index in [4.69, 9.17) is 5.26 Å². The minimum Gasteiger partial charge on any atom is -0.406 e. The largest absolute Gasteiger partial charge is 0.573 e. The number of nitriles is 1. The van der Waals surface area contributed by atoms with E-state index in [0.717, 1.165) is 12.1 Å². The van der Waals surface area contributed by atoms with E-state index in [0.29, 0.717) is 11.3 Å². The Balaban J connectivity index is 2.36. The first-order valence-corrected chi connectivity index (χ1v) is 6.11. The van der Waals surface area contributed by atoms with Crippen molar-refractivity contribution in [1.29, 1.82) is 5.26 Å². The van der Waals surface area contributed by atoms with Gasteiger partial charge in [0.2, 0.25) is 0 Å². The summed E-state index contributed by atoms with van der Waals surface area (Å²) < 4.78 is 53.6. The smallest absolute Gasteiger partial charge is 0.406 e. The van der Waals surface area contributed by atoms with Crippen LogP contribution in [0.5, 0.6) is 5.75 Å². The van der Waals surface area contributed by atoms with E-state index in [1.165, 1.54) is 24.3 Å². The number of halogens is 4. The molecule has 2 aromatic rings. The fraction of sp³-hybridized carbons (Fsp3) is 0.133. The molecular weight excluding hydrogens is 300 g/mol. The third-order valence-corrected chi connectivity index (χ3v) is 2.80. The van der Waals surface area contributed by atoms with Crippen molar-refractivity contribution in [3.05, 3.63) is 53.3 Å². The Bertz CT molecular complexity index is 735. The van der Waals surface area contributed by atoms with Gasteiger partial charge in [0.25, 0.3) is 0 Å². The summed E-state index contributed by atoms with van der Waals surface area (Å²) in [5.41, 5.74) is 1.30. The van der Waals surface area contributed by atoms with Gasteiger partial charge in [-0.25, -0.2) is 4.39 Å². The predicted octanol–water partition coefficient (Wildman–Crippen LogP) is 4.65. The van der Waals surface area contributed by atoms with Crippen molar-refractivity contribution in [1.82, 2.24) is 0 Å². The number of anilines is 2. The molecule has 1 N–H and O–H groups in total. The van der Waals surface area contributed by atoms with Crippen LogP contribution in [0.3, 0.4) is 0 Å². The highest BCUT2D eigenvalue weighted by atomic mass is 19.4. The highest BCUT2D eigenvalue weighted by Gasteiger charge is 2.31. The molecule has 0 amide bonds. The summed E-state index contributed by atoms with van der Waals surface area (Å²) in [7, 11) is 0. The number of ether oxygens (including phenoxy) is 1. The molecule has 22 heavy (non-hydrogen) atoms. The number of aryl methyl sites for hydroxylation is 1. The molecule has 0 atom stereocenters. The molecule has 7 heteroatoms. The Labute approximate surface area is 123 Å². The summed E-state index contributed by atoms with van der Waals surface area (Å²) in [5, 5.41) is 11.8. The lowest BCUT2D eigenvalue weighted by molar-refractivity contribution is -0.274. The van der Waals surface area contributed by atoms with Crippen LogP contribution in [0.25, 0.3) is 0 Å². The van der Waals surface area contributed by atoms with Crippen LogP contribution < -0.4 is 10.1 Å². The molecule has 2 aromatic carbocycles. The molecule has 0 saturated carbocycles. The number of benzene rings is 2. The average Bonchev–Trinajstić information content (AvgIpc) is 2.40. The average molecular weight is 310 g/mol. The number of hydrogen-bond donors (Lipinski definition) is 1. The van der Waals surface area contributed by atoms with Crippen LogP contribution in [0.1, 0.15) is 11.1 Å². The third kappa shape index (κ3) is 3.88. The molecule has 0 aromatic heterocycles. The van der Waals surface area contributed by atoms with Gasteiger partial charge in [0.15, 0.2) is 0 Å². The van der Waals surface area contributed by atoms with Gasteiger partial charge in [-0.05, 0) is 42.8 Å². The molecule has 0 bridgehead atoms. The summed E-state index contributed by atoms with van der Waals surface area (Å²) in [6, 6.07) is 9.10. The maximum absolute atomic E-state index is 13.1. The first-order chi connectivity index (χ1) is 10.3. The van der Waals surface area contributed by atoms with Gasteiger partial charge in [-0.1, -0.05) is 0 Å². The zero-order chi connectivity index (χ0) is 16.3. The van der Waals surface area contributed by atoms with Gasteiger partial charge >= 0.3 is 6.36 Å². The van der Waals surface area contributed by atoms with E-state index in [-0.39, 0.29) is 11.3 Å². The Morgan fingerprint density at radius 3 is 2.41 bits per heavy atom. The maximum atomic E-state index is 13.1. The molecule has 114 valence electrons. The summed E-state index contributed by atoms with van der Waals surface area (Å²) >= 11 is 0. The molecular formula is C15H10F4N2O. The lowest BCUT2D eigenvalue weighted by Gasteiger charge is -2.14. The van der Waals surface area contributed by atoms with Crippen molar-refractivity contribution in [2.45, 2.75) is 13.3 Å². The van der Waals surface area contributed by atoms with E-state index in [1.807, 2.05) is 6.07 Å². The molecule has 0 saturated heterocycles. The SMILES string of the molecule is Cc1cc(F)ccc1Nc1cc(OC(F)(F)F)ccc1C#N. The second-order valence-electron chi connectivity index (χ2n) is 4.45. The molecule has 0 fully saturated rings. The van der Waals surface area contributed by atoms with Crippen LogP contribution >= 0.6 is 0 Å². The first kappa shape index (κ1) is 15.6. The fourth-order valence-corrected chi connectivity index (χ4v) is 1.83. The van der Waals surface area contributed by atoms with E-state index >= 15 is 0 Å². The highest BCUT2D eigenvalue weighted by molar-refractivity contribution is 5.70. The lowest BCUT2D eigenvalue weighted by Crippen LogP contribution is -2.17. The number of alkyl halides is 3. The Hall–Kier alpha value is -2.75. The molecule has 0 aliphatic carbocycles. The molecule has 0 spiro atoms. The zero-order valence-corrected chi connectivity index (χ0v) is 11.3. The summed E-state index contributed by atoms with van der Waals surface area (Å²) in [5.74, 6) is -0.883. The molecule has 0 aliphatic heterocycles. The number of nitrogens with one attached hydrogen (secondary N) is 1. The van der Waals surface area contributed by atoms with E-state index in [2.05, 4.69) is 10.1 Å². The maximum Gasteiger partial charge on any atom is 0.573 e.